The van der Waals surface area contributed by atoms with E-state index in [1.165, 1.54) is 30.0 Å². The van der Waals surface area contributed by atoms with Crippen molar-refractivity contribution in [2.24, 2.45) is 4.99 Å². The predicted octanol–water partition coefficient (Wildman–Crippen LogP) is 1.54. The number of benzene rings is 1. The van der Waals surface area contributed by atoms with Crippen molar-refractivity contribution in [3.8, 4) is 0 Å². The van der Waals surface area contributed by atoms with Crippen LogP contribution in [0.5, 0.6) is 0 Å². The van der Waals surface area contributed by atoms with Crippen LogP contribution in [0, 0.1) is 4.91 Å². The molecule has 24 heavy (non-hydrogen) atoms. The Kier molecular flexibility index (Phi) is 3.27. The molecule has 0 unspecified atom stereocenters. The highest BCUT2D eigenvalue weighted by Gasteiger charge is 2.34. The molecule has 2 aliphatic rings. The Bertz CT molecular complexity index is 1020. The molecule has 0 bridgehead atoms. The van der Waals surface area contributed by atoms with Crippen molar-refractivity contribution in [2.75, 3.05) is 5.73 Å². The number of fused-ring (bicyclic) bond motifs is 2. The van der Waals surface area contributed by atoms with Gasteiger partial charge in [-0.05, 0) is 18.2 Å². The molecule has 0 amide bonds. The van der Waals surface area contributed by atoms with Crippen molar-refractivity contribution in [2.45, 2.75) is 11.3 Å². The molecule has 2 atom stereocenters. The maximum Gasteiger partial charge on any atom is 0.348 e. The van der Waals surface area contributed by atoms with Gasteiger partial charge in [0.1, 0.15) is 16.8 Å². The molecule has 0 radical (unpaired) electrons. The molecule has 0 fully saturated rings. The molecule has 1 aliphatic heterocycles. The summed E-state index contributed by atoms with van der Waals surface area (Å²) in [6, 6.07) is 4.33. The Hall–Kier alpha value is -2.87. The molecule has 1 aromatic heterocycles. The zero-order valence-electron chi connectivity index (χ0n) is 12.4. The number of aliphatic imine (C=N–C) groups is 1. The van der Waals surface area contributed by atoms with Crippen LogP contribution < -0.4 is 10.2 Å². The molecule has 3 N–H and O–H groups in total. The van der Waals surface area contributed by atoms with Crippen molar-refractivity contribution in [3.63, 3.8) is 0 Å². The summed E-state index contributed by atoms with van der Waals surface area (Å²) in [5.41, 5.74) is 6.82. The predicted molar refractivity (Wildman–Crippen MR) is 92.3 cm³/mol. The number of aromatic nitrogens is 2. The first-order valence-electron chi connectivity index (χ1n) is 7.25. The average molecular weight is 341 g/mol. The van der Waals surface area contributed by atoms with Gasteiger partial charge in [0.05, 0.1) is 11.3 Å². The first kappa shape index (κ1) is 14.7. The van der Waals surface area contributed by atoms with Gasteiger partial charge in [-0.2, -0.15) is 4.73 Å². The van der Waals surface area contributed by atoms with E-state index in [-0.39, 0.29) is 33.8 Å². The Balaban J connectivity index is 1.96. The minimum absolute atomic E-state index is 0.0495. The van der Waals surface area contributed by atoms with Crippen LogP contribution >= 0.6 is 11.8 Å². The maximum absolute atomic E-state index is 12.5. The number of carbonyl (C=O) groups excluding carboxylic acids is 1. The number of anilines is 1. The van der Waals surface area contributed by atoms with E-state index < -0.39 is 0 Å². The zero-order valence-corrected chi connectivity index (χ0v) is 13.2. The van der Waals surface area contributed by atoms with Crippen molar-refractivity contribution >= 4 is 39.9 Å². The van der Waals surface area contributed by atoms with Gasteiger partial charge < -0.3 is 5.21 Å². The zero-order chi connectivity index (χ0) is 16.8. The Morgan fingerprint density at radius 1 is 1.33 bits per heavy atom. The lowest BCUT2D eigenvalue weighted by molar-refractivity contribution is -0.448. The van der Waals surface area contributed by atoms with Gasteiger partial charge in [0, 0.05) is 9.99 Å². The molecular formula is C16H13N4O3S+. The summed E-state index contributed by atoms with van der Waals surface area (Å²) >= 11 is 1.43. The van der Waals surface area contributed by atoms with Crippen molar-refractivity contribution in [1.82, 2.24) is 4.73 Å². The van der Waals surface area contributed by atoms with Gasteiger partial charge in [0.25, 0.3) is 0 Å². The second-order valence-corrected chi connectivity index (χ2v) is 6.65. The summed E-state index contributed by atoms with van der Waals surface area (Å²) in [5, 5.41) is 11.2. The second-order valence-electron chi connectivity index (χ2n) is 5.48. The molecule has 4 rings (SSSR count). The number of nitrogens with zero attached hydrogens (tertiary/aromatic N) is 3. The number of allylic oxidation sites excluding steroid dienone is 2. The molecule has 0 saturated heterocycles. The third kappa shape index (κ3) is 2.07. The monoisotopic (exact) mass is 341 g/mol. The van der Waals surface area contributed by atoms with E-state index in [2.05, 4.69) is 4.99 Å². The summed E-state index contributed by atoms with van der Waals surface area (Å²) in [5.74, 6) is -0.137. The first-order chi connectivity index (χ1) is 11.6. The van der Waals surface area contributed by atoms with Crippen LogP contribution in [0.25, 0.3) is 11.0 Å². The third-order valence-corrected chi connectivity index (χ3v) is 5.26. The van der Waals surface area contributed by atoms with Crippen LogP contribution in [0.2, 0.25) is 0 Å². The van der Waals surface area contributed by atoms with E-state index in [0.29, 0.717) is 21.3 Å². The first-order valence-corrected chi connectivity index (χ1v) is 8.13. The number of rotatable bonds is 2. The average Bonchev–Trinajstić information content (AvgIpc) is 3.03. The summed E-state index contributed by atoms with van der Waals surface area (Å²) in [6.07, 6.45) is 8.47. The fourth-order valence-electron chi connectivity index (χ4n) is 2.82. The number of nitrogen functional groups attached to an aromatic ring is 1. The molecule has 0 saturated carbocycles. The van der Waals surface area contributed by atoms with E-state index in [1.807, 2.05) is 24.3 Å². The molecule has 2 heterocycles. The van der Waals surface area contributed by atoms with Gasteiger partial charge in [0.15, 0.2) is 0 Å². The molecule has 1 aromatic carbocycles. The van der Waals surface area contributed by atoms with Gasteiger partial charge in [-0.1, -0.05) is 41.0 Å². The fourth-order valence-corrected chi connectivity index (χ4v) is 4.03. The van der Waals surface area contributed by atoms with E-state index >= 15 is 0 Å². The lowest BCUT2D eigenvalue weighted by atomic mass is 10.1. The lowest BCUT2D eigenvalue weighted by Crippen LogP contribution is -2.28. The molecule has 7 nitrogen and oxygen atoms in total. The number of hydrogen-bond acceptors (Lipinski definition) is 6. The number of aldehydes is 1. The highest BCUT2D eigenvalue weighted by Crippen LogP contribution is 2.35. The van der Waals surface area contributed by atoms with Crippen LogP contribution in [0.15, 0.2) is 47.5 Å². The maximum atomic E-state index is 12.5. The molecular weight excluding hydrogens is 328 g/mol. The van der Waals surface area contributed by atoms with Crippen LogP contribution in [0.1, 0.15) is 16.1 Å². The number of carbonyl (C=O) groups is 1. The Morgan fingerprint density at radius 2 is 2.12 bits per heavy atom. The van der Waals surface area contributed by atoms with Gasteiger partial charge in [-0.15, -0.1) is 0 Å². The molecule has 120 valence electrons. The Morgan fingerprint density at radius 3 is 2.88 bits per heavy atom. The number of thioether (sulfide) groups is 1. The van der Waals surface area contributed by atoms with Gasteiger partial charge in [0.2, 0.25) is 11.2 Å². The minimum atomic E-state index is -0.137. The van der Waals surface area contributed by atoms with Crippen molar-refractivity contribution < 1.29 is 14.4 Å². The third-order valence-electron chi connectivity index (χ3n) is 4.03. The summed E-state index contributed by atoms with van der Waals surface area (Å²) in [6.45, 7) is 0. The van der Waals surface area contributed by atoms with E-state index in [1.54, 1.807) is 0 Å². The lowest BCUT2D eigenvalue weighted by Gasteiger charge is -2.11. The molecule has 2 aromatic rings. The van der Waals surface area contributed by atoms with Crippen LogP contribution in [-0.4, -0.2) is 32.6 Å². The second kappa shape index (κ2) is 5.34. The smallest absolute Gasteiger partial charge is 0.348 e. The minimum Gasteiger partial charge on any atom is -0.427 e. The topological polar surface area (TPSA) is 104 Å². The van der Waals surface area contributed by atoms with Gasteiger partial charge >= 0.3 is 5.82 Å². The number of nitrogens with two attached hydrogens (primary N) is 1. The SMILES string of the molecule is Nc1c(C2=N[C@H]3C=CC=C[C@@H]3S2)n(O)c2cc(C=O)ccc2[n+]1=O. The highest BCUT2D eigenvalue weighted by molar-refractivity contribution is 8.15. The van der Waals surface area contributed by atoms with E-state index in [4.69, 9.17) is 5.73 Å². The summed E-state index contributed by atoms with van der Waals surface area (Å²) in [4.78, 5) is 28.0. The Labute approximate surface area is 140 Å². The van der Waals surface area contributed by atoms with Crippen LogP contribution in [-0.2, 0) is 0 Å². The fraction of sp³-hybridized carbons (Fsp3) is 0.125. The van der Waals surface area contributed by atoms with Crippen LogP contribution in [0.4, 0.5) is 5.82 Å². The van der Waals surface area contributed by atoms with Gasteiger partial charge in [-0.3, -0.25) is 15.5 Å². The van der Waals surface area contributed by atoms with Gasteiger partial charge in [-0.25, -0.2) is 0 Å². The standard InChI is InChI=1S/C16H13N4O3S/c17-15-14(16-18-10-3-1-2-4-13(10)24-16)19(22)12-7-9(8-21)5-6-11(12)20(15)23/h1-8,10,13,22H,17H2/q+1/t10-,13-/m0/s1. The molecule has 1 aliphatic carbocycles. The van der Waals surface area contributed by atoms with Crippen molar-refractivity contribution in [3.05, 3.63) is 58.7 Å². The molecule has 8 heteroatoms. The number of hydrogen-bond donors (Lipinski definition) is 2. The van der Waals surface area contributed by atoms with E-state index in [0.717, 1.165) is 4.73 Å². The normalized spacial score (nSPS) is 21.8. The quantitative estimate of drug-likeness (QED) is 0.490. The van der Waals surface area contributed by atoms with E-state index in [9.17, 15) is 14.9 Å². The van der Waals surface area contributed by atoms with Crippen LogP contribution in [0.3, 0.4) is 0 Å². The largest absolute Gasteiger partial charge is 0.427 e. The van der Waals surface area contributed by atoms with Crippen molar-refractivity contribution in [1.29, 1.82) is 0 Å². The summed E-state index contributed by atoms with van der Waals surface area (Å²) in [7, 11) is 0. The highest BCUT2D eigenvalue weighted by atomic mass is 32.2. The molecule has 0 spiro atoms. The summed E-state index contributed by atoms with van der Waals surface area (Å²) < 4.78 is 1.38.